The van der Waals surface area contributed by atoms with E-state index in [0.717, 1.165) is 6.42 Å². The maximum Gasteiger partial charge on any atom is 0.112 e. The summed E-state index contributed by atoms with van der Waals surface area (Å²) in [5.74, 6) is 0. The zero-order chi connectivity index (χ0) is 16.8. The Morgan fingerprint density at radius 3 is 1.28 bits per heavy atom. The molecule has 1 atom stereocenters. The van der Waals surface area contributed by atoms with Crippen molar-refractivity contribution in [2.45, 2.75) is 18.2 Å². The first-order valence-electron chi connectivity index (χ1n) is 8.42. The third-order valence-corrected chi connectivity index (χ3v) is 9.38. The predicted octanol–water partition coefficient (Wildman–Crippen LogP) is 2.16. The Hall–Kier alpha value is -0.950. The summed E-state index contributed by atoms with van der Waals surface area (Å²) in [6.45, 7) is 2.25. The normalized spacial score (nSPS) is 12.2. The SMILES string of the molecule is CC(Br)CC[P+](c1ccccc1)(c1ccccc1)c1ccccc1.[Br-]. The van der Waals surface area contributed by atoms with E-state index in [2.05, 4.69) is 114 Å². The number of rotatable bonds is 6. The van der Waals surface area contributed by atoms with E-state index in [1.807, 2.05) is 0 Å². The molecule has 0 fully saturated rings. The summed E-state index contributed by atoms with van der Waals surface area (Å²) in [7, 11) is -1.64. The van der Waals surface area contributed by atoms with Gasteiger partial charge in [-0.1, -0.05) is 77.5 Å². The van der Waals surface area contributed by atoms with Gasteiger partial charge in [0.25, 0.3) is 0 Å². The van der Waals surface area contributed by atoms with Crippen LogP contribution < -0.4 is 32.9 Å². The van der Waals surface area contributed by atoms with Gasteiger partial charge < -0.3 is 17.0 Å². The van der Waals surface area contributed by atoms with Crippen LogP contribution in [0.5, 0.6) is 0 Å². The molecule has 3 aromatic carbocycles. The van der Waals surface area contributed by atoms with Gasteiger partial charge in [0, 0.05) is 4.83 Å². The van der Waals surface area contributed by atoms with E-state index in [1.54, 1.807) is 0 Å². The molecule has 0 radical (unpaired) electrons. The Kier molecular flexibility index (Phi) is 7.87. The highest BCUT2D eigenvalue weighted by atomic mass is 79.9. The summed E-state index contributed by atoms with van der Waals surface area (Å²) >= 11 is 3.76. The van der Waals surface area contributed by atoms with Crippen LogP contribution in [0.2, 0.25) is 0 Å². The van der Waals surface area contributed by atoms with E-state index in [4.69, 9.17) is 0 Å². The summed E-state index contributed by atoms with van der Waals surface area (Å²) in [6, 6.07) is 33.3. The van der Waals surface area contributed by atoms with E-state index in [0.29, 0.717) is 4.83 Å². The number of benzene rings is 3. The predicted molar refractivity (Wildman–Crippen MR) is 113 cm³/mol. The van der Waals surface area contributed by atoms with Crippen molar-refractivity contribution in [2.75, 3.05) is 6.16 Å². The number of hydrogen-bond donors (Lipinski definition) is 0. The third kappa shape index (κ3) is 4.61. The van der Waals surface area contributed by atoms with Crippen molar-refractivity contribution in [3.63, 3.8) is 0 Å². The van der Waals surface area contributed by atoms with Crippen LogP contribution >= 0.6 is 23.2 Å². The van der Waals surface area contributed by atoms with Crippen molar-refractivity contribution >= 4 is 39.1 Å². The summed E-state index contributed by atoms with van der Waals surface area (Å²) < 4.78 is 0. The lowest BCUT2D eigenvalue weighted by molar-refractivity contribution is -0.00000462. The minimum atomic E-state index is -1.64. The highest BCUT2D eigenvalue weighted by Gasteiger charge is 2.44. The van der Waals surface area contributed by atoms with Crippen molar-refractivity contribution in [1.82, 2.24) is 0 Å². The lowest BCUT2D eigenvalue weighted by Crippen LogP contribution is -3.00. The fourth-order valence-corrected chi connectivity index (χ4v) is 8.32. The molecule has 0 nitrogen and oxygen atoms in total. The molecule has 0 saturated heterocycles. The second-order valence-corrected chi connectivity index (χ2v) is 11.3. The molecule has 0 N–H and O–H groups in total. The van der Waals surface area contributed by atoms with Crippen molar-refractivity contribution < 1.29 is 17.0 Å². The molecule has 0 aliphatic rings. The molecule has 0 aliphatic heterocycles. The van der Waals surface area contributed by atoms with Crippen molar-refractivity contribution in [2.24, 2.45) is 0 Å². The molecule has 25 heavy (non-hydrogen) atoms. The average Bonchev–Trinajstić information content (AvgIpc) is 2.65. The van der Waals surface area contributed by atoms with E-state index in [9.17, 15) is 0 Å². The Morgan fingerprint density at radius 2 is 1.00 bits per heavy atom. The molecule has 0 bridgehead atoms. The fourth-order valence-electron chi connectivity index (χ4n) is 3.25. The minimum Gasteiger partial charge on any atom is -1.00 e. The van der Waals surface area contributed by atoms with Crippen molar-refractivity contribution in [3.05, 3.63) is 91.0 Å². The molecule has 0 spiro atoms. The van der Waals surface area contributed by atoms with E-state index in [1.165, 1.54) is 22.1 Å². The topological polar surface area (TPSA) is 0 Å². The minimum absolute atomic E-state index is 0. The van der Waals surface area contributed by atoms with Crippen LogP contribution in [0.1, 0.15) is 13.3 Å². The van der Waals surface area contributed by atoms with Gasteiger partial charge >= 0.3 is 0 Å². The summed E-state index contributed by atoms with van der Waals surface area (Å²) in [6.07, 6.45) is 2.34. The monoisotopic (exact) mass is 476 g/mol. The molecule has 0 amide bonds. The Bertz CT molecular complexity index is 646. The third-order valence-electron chi connectivity index (χ3n) is 4.45. The van der Waals surface area contributed by atoms with E-state index in [-0.39, 0.29) is 17.0 Å². The first kappa shape index (κ1) is 20.4. The lowest BCUT2D eigenvalue weighted by Gasteiger charge is -2.28. The number of hydrogen-bond acceptors (Lipinski definition) is 0. The van der Waals surface area contributed by atoms with Gasteiger partial charge in [-0.2, -0.15) is 0 Å². The lowest BCUT2D eigenvalue weighted by atomic mass is 10.3. The average molecular weight is 478 g/mol. The Balaban J connectivity index is 0.00000225. The van der Waals surface area contributed by atoms with Gasteiger partial charge in [-0.05, 0) is 42.8 Å². The van der Waals surface area contributed by atoms with Crippen LogP contribution in [-0.2, 0) is 0 Å². The van der Waals surface area contributed by atoms with E-state index >= 15 is 0 Å². The highest BCUT2D eigenvalue weighted by Crippen LogP contribution is 2.56. The van der Waals surface area contributed by atoms with Crippen LogP contribution in [0, 0.1) is 0 Å². The van der Waals surface area contributed by atoms with Gasteiger partial charge in [-0.25, -0.2) is 0 Å². The van der Waals surface area contributed by atoms with Crippen molar-refractivity contribution in [1.29, 1.82) is 0 Å². The molecule has 3 aromatic rings. The fraction of sp³-hybridized carbons (Fsp3) is 0.182. The second-order valence-electron chi connectivity index (χ2n) is 6.11. The van der Waals surface area contributed by atoms with Gasteiger partial charge in [0.1, 0.15) is 23.2 Å². The smallest absolute Gasteiger partial charge is 0.112 e. The zero-order valence-corrected chi connectivity index (χ0v) is 18.4. The molecular formula is C22H23Br2P. The maximum absolute atomic E-state index is 3.76. The quantitative estimate of drug-likeness (QED) is 0.377. The summed E-state index contributed by atoms with van der Waals surface area (Å²) in [5.41, 5.74) is 0. The standard InChI is InChI=1S/C22H23BrP.BrH/c1-19(23)17-18-24(20-11-5-2-6-12-20,21-13-7-3-8-14-21)22-15-9-4-10-16-22;/h2-16,19H,17-18H2,1H3;1H/q+1;/p-1. The van der Waals surface area contributed by atoms with Gasteiger partial charge in [-0.3, -0.25) is 0 Å². The van der Waals surface area contributed by atoms with Gasteiger partial charge in [0.05, 0.1) is 6.16 Å². The van der Waals surface area contributed by atoms with Crippen LogP contribution in [-0.4, -0.2) is 11.0 Å². The van der Waals surface area contributed by atoms with Gasteiger partial charge in [0.15, 0.2) is 0 Å². The summed E-state index contributed by atoms with van der Waals surface area (Å²) in [5, 5.41) is 4.40. The van der Waals surface area contributed by atoms with Crippen LogP contribution in [0.4, 0.5) is 0 Å². The first-order valence-corrected chi connectivity index (χ1v) is 11.3. The van der Waals surface area contributed by atoms with Crippen LogP contribution in [0.3, 0.4) is 0 Å². The molecule has 0 saturated carbocycles. The molecule has 1 unspecified atom stereocenters. The van der Waals surface area contributed by atoms with Crippen LogP contribution in [0.25, 0.3) is 0 Å². The molecular weight excluding hydrogens is 455 g/mol. The Labute approximate surface area is 170 Å². The molecule has 0 aliphatic carbocycles. The highest BCUT2D eigenvalue weighted by molar-refractivity contribution is 9.09. The van der Waals surface area contributed by atoms with Crippen molar-refractivity contribution in [3.8, 4) is 0 Å². The molecule has 0 aromatic heterocycles. The second kappa shape index (κ2) is 9.67. The Morgan fingerprint density at radius 1 is 0.680 bits per heavy atom. The first-order chi connectivity index (χ1) is 11.7. The number of halogens is 2. The largest absolute Gasteiger partial charge is 1.00 e. The molecule has 0 heterocycles. The number of alkyl halides is 1. The zero-order valence-electron chi connectivity index (χ0n) is 14.4. The van der Waals surface area contributed by atoms with Gasteiger partial charge in [-0.15, -0.1) is 0 Å². The van der Waals surface area contributed by atoms with Gasteiger partial charge in [0.2, 0.25) is 0 Å². The van der Waals surface area contributed by atoms with Crippen LogP contribution in [0.15, 0.2) is 91.0 Å². The molecule has 3 rings (SSSR count). The molecule has 130 valence electrons. The van der Waals surface area contributed by atoms with E-state index < -0.39 is 7.26 Å². The maximum atomic E-state index is 3.76. The molecule has 3 heteroatoms. The summed E-state index contributed by atoms with van der Waals surface area (Å²) in [4.78, 5) is 0.521.